The third-order valence-electron chi connectivity index (χ3n) is 4.66. The molecular weight excluding hydrogens is 374 g/mol. The van der Waals surface area contributed by atoms with E-state index in [0.717, 1.165) is 24.1 Å². The SMILES string of the molecule is COc1cc(/C=C/C(=O)NCCn2cnc(C3CC3)cc2=O)cc(OC)c1OC. The molecule has 2 aromatic rings. The van der Waals surface area contributed by atoms with E-state index in [-0.39, 0.29) is 11.5 Å². The Morgan fingerprint density at radius 1 is 1.17 bits per heavy atom. The van der Waals surface area contributed by atoms with Crippen LogP contribution in [0.15, 0.2) is 35.4 Å². The molecule has 0 radical (unpaired) electrons. The fourth-order valence-corrected chi connectivity index (χ4v) is 2.94. The second-order valence-corrected chi connectivity index (χ2v) is 6.70. The normalized spacial score (nSPS) is 13.3. The van der Waals surface area contributed by atoms with Crippen LogP contribution >= 0.6 is 0 Å². The van der Waals surface area contributed by atoms with Gasteiger partial charge in [0, 0.05) is 31.1 Å². The molecule has 1 aliphatic carbocycles. The van der Waals surface area contributed by atoms with Crippen molar-refractivity contribution in [2.45, 2.75) is 25.3 Å². The molecule has 0 aliphatic heterocycles. The van der Waals surface area contributed by atoms with Crippen LogP contribution in [0.4, 0.5) is 0 Å². The average molecular weight is 399 g/mol. The van der Waals surface area contributed by atoms with Gasteiger partial charge in [-0.2, -0.15) is 0 Å². The quantitative estimate of drug-likeness (QED) is 0.649. The van der Waals surface area contributed by atoms with Crippen LogP contribution in [0.25, 0.3) is 6.08 Å². The maximum Gasteiger partial charge on any atom is 0.253 e. The molecule has 1 amide bonds. The van der Waals surface area contributed by atoms with Crippen LogP contribution < -0.4 is 25.1 Å². The van der Waals surface area contributed by atoms with E-state index < -0.39 is 0 Å². The van der Waals surface area contributed by atoms with E-state index in [1.54, 1.807) is 30.6 Å². The van der Waals surface area contributed by atoms with E-state index in [1.807, 2.05) is 0 Å². The van der Waals surface area contributed by atoms with Crippen LogP contribution in [0.1, 0.15) is 30.0 Å². The van der Waals surface area contributed by atoms with Gasteiger partial charge in [0.05, 0.1) is 33.4 Å². The van der Waals surface area contributed by atoms with Gasteiger partial charge in [-0.05, 0) is 36.6 Å². The summed E-state index contributed by atoms with van der Waals surface area (Å²) in [5.41, 5.74) is 1.50. The first-order chi connectivity index (χ1) is 14.0. The maximum atomic E-state index is 12.1. The Morgan fingerprint density at radius 3 is 2.41 bits per heavy atom. The van der Waals surface area contributed by atoms with Crippen LogP contribution in [-0.2, 0) is 11.3 Å². The van der Waals surface area contributed by atoms with Crippen LogP contribution in [0.5, 0.6) is 17.2 Å². The van der Waals surface area contributed by atoms with E-state index in [9.17, 15) is 9.59 Å². The zero-order valence-corrected chi connectivity index (χ0v) is 16.8. The van der Waals surface area contributed by atoms with E-state index in [1.165, 1.54) is 32.0 Å². The van der Waals surface area contributed by atoms with Crippen molar-refractivity contribution in [3.05, 3.63) is 52.2 Å². The molecule has 0 unspecified atom stereocenters. The first kappa shape index (κ1) is 20.4. The van der Waals surface area contributed by atoms with Gasteiger partial charge < -0.3 is 19.5 Å². The summed E-state index contributed by atoms with van der Waals surface area (Å²) in [5, 5.41) is 2.76. The number of amides is 1. The number of ether oxygens (including phenoxy) is 3. The molecule has 1 aromatic carbocycles. The largest absolute Gasteiger partial charge is 0.493 e. The molecule has 1 aliphatic rings. The Kier molecular flexibility index (Phi) is 6.54. The van der Waals surface area contributed by atoms with Crippen molar-refractivity contribution in [3.8, 4) is 17.2 Å². The maximum absolute atomic E-state index is 12.1. The highest BCUT2D eigenvalue weighted by atomic mass is 16.5. The van der Waals surface area contributed by atoms with Gasteiger partial charge in [-0.25, -0.2) is 4.98 Å². The smallest absolute Gasteiger partial charge is 0.253 e. The first-order valence-corrected chi connectivity index (χ1v) is 9.38. The minimum atomic E-state index is -0.269. The predicted octanol–water partition coefficient (Wildman–Crippen LogP) is 1.98. The van der Waals surface area contributed by atoms with Gasteiger partial charge in [0.2, 0.25) is 11.7 Å². The molecule has 0 saturated heterocycles. The van der Waals surface area contributed by atoms with Gasteiger partial charge in [-0.15, -0.1) is 0 Å². The number of carbonyl (C=O) groups excluding carboxylic acids is 1. The number of benzene rings is 1. The number of hydrogen-bond acceptors (Lipinski definition) is 6. The van der Waals surface area contributed by atoms with Crippen LogP contribution in [-0.4, -0.2) is 43.3 Å². The topological polar surface area (TPSA) is 91.7 Å². The third-order valence-corrected chi connectivity index (χ3v) is 4.66. The van der Waals surface area contributed by atoms with Crippen molar-refractivity contribution in [1.29, 1.82) is 0 Å². The molecule has 0 spiro atoms. The standard InChI is InChI=1S/C21H25N3O5/c1-27-17-10-14(11-18(28-2)21(17)29-3)4-7-19(25)22-8-9-24-13-23-16(12-20(24)26)15-5-6-15/h4,7,10-13,15H,5-6,8-9H2,1-3H3,(H,22,25)/b7-4+. The monoisotopic (exact) mass is 399 g/mol. The van der Waals surface area contributed by atoms with E-state index >= 15 is 0 Å². The van der Waals surface area contributed by atoms with Crippen molar-refractivity contribution >= 4 is 12.0 Å². The molecule has 0 atom stereocenters. The number of rotatable bonds is 9. The molecule has 8 nitrogen and oxygen atoms in total. The van der Waals surface area contributed by atoms with Gasteiger partial charge in [-0.3, -0.25) is 14.2 Å². The van der Waals surface area contributed by atoms with E-state index in [2.05, 4.69) is 10.3 Å². The number of aromatic nitrogens is 2. The van der Waals surface area contributed by atoms with Crippen molar-refractivity contribution in [1.82, 2.24) is 14.9 Å². The Morgan fingerprint density at radius 2 is 1.86 bits per heavy atom. The molecular formula is C21H25N3O5. The fourth-order valence-electron chi connectivity index (χ4n) is 2.94. The lowest BCUT2D eigenvalue weighted by Gasteiger charge is -2.12. The van der Waals surface area contributed by atoms with Crippen molar-refractivity contribution in [3.63, 3.8) is 0 Å². The zero-order valence-electron chi connectivity index (χ0n) is 16.8. The summed E-state index contributed by atoms with van der Waals surface area (Å²) >= 11 is 0. The van der Waals surface area contributed by atoms with E-state index in [4.69, 9.17) is 14.2 Å². The van der Waals surface area contributed by atoms with Gasteiger partial charge >= 0.3 is 0 Å². The predicted molar refractivity (Wildman–Crippen MR) is 109 cm³/mol. The minimum absolute atomic E-state index is 0.0934. The lowest BCUT2D eigenvalue weighted by atomic mass is 10.1. The Hall–Kier alpha value is -3.29. The number of nitrogens with zero attached hydrogens (tertiary/aromatic N) is 2. The molecule has 29 heavy (non-hydrogen) atoms. The summed E-state index contributed by atoms with van der Waals surface area (Å²) in [6, 6.07) is 5.08. The molecule has 8 heteroatoms. The fraction of sp³-hybridized carbons (Fsp3) is 0.381. The molecule has 1 heterocycles. The lowest BCUT2D eigenvalue weighted by molar-refractivity contribution is -0.116. The van der Waals surface area contributed by atoms with Crippen molar-refractivity contribution < 1.29 is 19.0 Å². The number of methoxy groups -OCH3 is 3. The van der Waals surface area contributed by atoms with Crippen molar-refractivity contribution in [2.75, 3.05) is 27.9 Å². The third kappa shape index (κ3) is 5.16. The van der Waals surface area contributed by atoms with Crippen LogP contribution in [0.2, 0.25) is 0 Å². The van der Waals surface area contributed by atoms with E-state index in [0.29, 0.717) is 36.3 Å². The van der Waals surface area contributed by atoms with Crippen LogP contribution in [0.3, 0.4) is 0 Å². The molecule has 0 bridgehead atoms. The second-order valence-electron chi connectivity index (χ2n) is 6.70. The van der Waals surface area contributed by atoms with Crippen LogP contribution in [0, 0.1) is 0 Å². The first-order valence-electron chi connectivity index (χ1n) is 9.38. The summed E-state index contributed by atoms with van der Waals surface area (Å²) in [4.78, 5) is 28.5. The minimum Gasteiger partial charge on any atom is -0.493 e. The zero-order chi connectivity index (χ0) is 20.8. The molecule has 1 saturated carbocycles. The Bertz CT molecular complexity index is 938. The molecule has 3 rings (SSSR count). The lowest BCUT2D eigenvalue weighted by Crippen LogP contribution is -2.30. The molecule has 1 aromatic heterocycles. The highest BCUT2D eigenvalue weighted by Gasteiger charge is 2.25. The summed E-state index contributed by atoms with van der Waals surface area (Å²) in [7, 11) is 4.60. The molecule has 1 fully saturated rings. The summed E-state index contributed by atoms with van der Waals surface area (Å²) in [6.07, 6.45) is 6.82. The Labute approximate surface area is 169 Å². The summed E-state index contributed by atoms with van der Waals surface area (Å²) in [5.74, 6) is 1.68. The van der Waals surface area contributed by atoms with Gasteiger partial charge in [0.25, 0.3) is 5.56 Å². The van der Waals surface area contributed by atoms with Gasteiger partial charge in [0.1, 0.15) is 0 Å². The summed E-state index contributed by atoms with van der Waals surface area (Å²) in [6.45, 7) is 0.684. The summed E-state index contributed by atoms with van der Waals surface area (Å²) < 4.78 is 17.4. The molecule has 154 valence electrons. The van der Waals surface area contributed by atoms with Gasteiger partial charge in [0.15, 0.2) is 11.5 Å². The highest BCUT2D eigenvalue weighted by Crippen LogP contribution is 2.39. The Balaban J connectivity index is 1.56. The second kappa shape index (κ2) is 9.27. The highest BCUT2D eigenvalue weighted by molar-refractivity contribution is 5.91. The van der Waals surface area contributed by atoms with Crippen molar-refractivity contribution in [2.24, 2.45) is 0 Å². The number of nitrogens with one attached hydrogen (secondary N) is 1. The van der Waals surface area contributed by atoms with Gasteiger partial charge in [-0.1, -0.05) is 0 Å². The molecule has 1 N–H and O–H groups in total. The average Bonchev–Trinajstić information content (AvgIpc) is 3.57. The number of hydrogen-bond donors (Lipinski definition) is 1. The number of carbonyl (C=O) groups is 1.